The van der Waals surface area contributed by atoms with Gasteiger partial charge in [-0.25, -0.2) is 4.98 Å². The van der Waals surface area contributed by atoms with Crippen molar-refractivity contribution in [1.82, 2.24) is 9.55 Å². The Bertz CT molecular complexity index is 505. The van der Waals surface area contributed by atoms with E-state index in [4.69, 9.17) is 10.5 Å². The van der Waals surface area contributed by atoms with Crippen molar-refractivity contribution in [2.24, 2.45) is 12.8 Å². The monoisotopic (exact) mass is 231 g/mol. The van der Waals surface area contributed by atoms with Gasteiger partial charge in [0.1, 0.15) is 18.2 Å². The van der Waals surface area contributed by atoms with E-state index in [0.29, 0.717) is 13.2 Å². The van der Waals surface area contributed by atoms with Crippen LogP contribution >= 0.6 is 0 Å². The van der Waals surface area contributed by atoms with E-state index >= 15 is 0 Å². The Morgan fingerprint density at radius 3 is 2.76 bits per heavy atom. The first-order valence-electron chi connectivity index (χ1n) is 5.60. The van der Waals surface area contributed by atoms with Crippen molar-refractivity contribution in [3.63, 3.8) is 0 Å². The Morgan fingerprint density at radius 1 is 1.35 bits per heavy atom. The fourth-order valence-electron chi connectivity index (χ4n) is 1.66. The Labute approximate surface area is 101 Å². The molecule has 0 radical (unpaired) electrons. The number of hydrogen-bond donors (Lipinski definition) is 1. The number of nitrogens with two attached hydrogens (primary N) is 1. The number of rotatable bonds is 4. The molecule has 0 bridgehead atoms. The molecule has 0 unspecified atom stereocenters. The van der Waals surface area contributed by atoms with Crippen LogP contribution in [0.15, 0.2) is 30.5 Å². The fourth-order valence-corrected chi connectivity index (χ4v) is 1.66. The van der Waals surface area contributed by atoms with Gasteiger partial charge >= 0.3 is 0 Å². The Balaban J connectivity index is 2.07. The zero-order valence-corrected chi connectivity index (χ0v) is 10.2. The Morgan fingerprint density at radius 2 is 2.12 bits per heavy atom. The van der Waals surface area contributed by atoms with Crippen LogP contribution in [0.1, 0.15) is 17.1 Å². The van der Waals surface area contributed by atoms with E-state index in [1.807, 2.05) is 49.0 Å². The Hall–Kier alpha value is -1.81. The smallest absolute Gasteiger partial charge is 0.146 e. The Kier molecular flexibility index (Phi) is 3.44. The normalized spacial score (nSPS) is 10.5. The van der Waals surface area contributed by atoms with Crippen LogP contribution in [0, 0.1) is 6.92 Å². The van der Waals surface area contributed by atoms with Crippen LogP contribution in [0.3, 0.4) is 0 Å². The van der Waals surface area contributed by atoms with Gasteiger partial charge in [-0.15, -0.1) is 0 Å². The van der Waals surface area contributed by atoms with Crippen LogP contribution in [0.2, 0.25) is 0 Å². The van der Waals surface area contributed by atoms with Gasteiger partial charge in [-0.3, -0.25) is 0 Å². The molecule has 0 aliphatic rings. The van der Waals surface area contributed by atoms with Crippen molar-refractivity contribution < 1.29 is 4.74 Å². The predicted molar refractivity (Wildman–Crippen MR) is 66.6 cm³/mol. The molecule has 1 aromatic heterocycles. The van der Waals surface area contributed by atoms with E-state index < -0.39 is 0 Å². The van der Waals surface area contributed by atoms with Gasteiger partial charge in [0.05, 0.1) is 5.69 Å². The lowest BCUT2D eigenvalue weighted by Crippen LogP contribution is -2.03. The lowest BCUT2D eigenvalue weighted by atomic mass is 10.2. The summed E-state index contributed by atoms with van der Waals surface area (Å²) in [4.78, 5) is 4.39. The van der Waals surface area contributed by atoms with Gasteiger partial charge in [0.25, 0.3) is 0 Å². The minimum absolute atomic E-state index is 0.457. The maximum absolute atomic E-state index is 5.74. The highest BCUT2D eigenvalue weighted by molar-refractivity contribution is 5.31. The molecule has 17 heavy (non-hydrogen) atoms. The number of nitrogens with zero attached hydrogens (tertiary/aromatic N) is 2. The molecule has 0 aliphatic carbocycles. The molecule has 0 aliphatic heterocycles. The summed E-state index contributed by atoms with van der Waals surface area (Å²) in [6.07, 6.45) is 1.93. The van der Waals surface area contributed by atoms with E-state index in [0.717, 1.165) is 22.8 Å². The highest BCUT2D eigenvalue weighted by Crippen LogP contribution is 2.17. The zero-order chi connectivity index (χ0) is 12.3. The summed E-state index contributed by atoms with van der Waals surface area (Å²) in [5.74, 6) is 1.78. The first kappa shape index (κ1) is 11.7. The topological polar surface area (TPSA) is 53.1 Å². The van der Waals surface area contributed by atoms with E-state index in [1.54, 1.807) is 0 Å². The maximum Gasteiger partial charge on any atom is 0.146 e. The standard InChI is InChI=1S/C13H17N3O/c1-10-5-3-4-6-12(10)17-9-13-15-11(7-14)8-16(13)2/h3-6,8H,7,9,14H2,1-2H3. The van der Waals surface area contributed by atoms with E-state index in [-0.39, 0.29) is 0 Å². The third-order valence-electron chi connectivity index (χ3n) is 2.68. The second kappa shape index (κ2) is 5.01. The highest BCUT2D eigenvalue weighted by Gasteiger charge is 2.05. The van der Waals surface area contributed by atoms with Crippen molar-refractivity contribution in [1.29, 1.82) is 0 Å². The molecule has 4 nitrogen and oxygen atoms in total. The maximum atomic E-state index is 5.74. The van der Waals surface area contributed by atoms with Crippen LogP contribution in [0.25, 0.3) is 0 Å². The first-order chi connectivity index (χ1) is 8.20. The molecule has 0 atom stereocenters. The SMILES string of the molecule is Cc1ccccc1OCc1nc(CN)cn1C. The molecular formula is C13H17N3O. The van der Waals surface area contributed by atoms with Crippen LogP contribution in [0.4, 0.5) is 0 Å². The molecule has 0 amide bonds. The average molecular weight is 231 g/mol. The van der Waals surface area contributed by atoms with E-state index in [2.05, 4.69) is 4.98 Å². The van der Waals surface area contributed by atoms with Gasteiger partial charge in [0.15, 0.2) is 0 Å². The van der Waals surface area contributed by atoms with Crippen molar-refractivity contribution in [3.8, 4) is 5.75 Å². The highest BCUT2D eigenvalue weighted by atomic mass is 16.5. The number of ether oxygens (including phenoxy) is 1. The summed E-state index contributed by atoms with van der Waals surface area (Å²) in [6.45, 7) is 2.94. The molecule has 0 spiro atoms. The van der Waals surface area contributed by atoms with Crippen LogP contribution < -0.4 is 10.5 Å². The molecule has 1 aromatic carbocycles. The summed E-state index contributed by atoms with van der Waals surface area (Å²) in [6, 6.07) is 7.95. The van der Waals surface area contributed by atoms with E-state index in [1.165, 1.54) is 0 Å². The van der Waals surface area contributed by atoms with Crippen LogP contribution in [-0.4, -0.2) is 9.55 Å². The van der Waals surface area contributed by atoms with Crippen LogP contribution in [-0.2, 0) is 20.2 Å². The van der Waals surface area contributed by atoms with Crippen LogP contribution in [0.5, 0.6) is 5.75 Å². The molecule has 0 saturated carbocycles. The largest absolute Gasteiger partial charge is 0.485 e. The second-order valence-electron chi connectivity index (χ2n) is 4.02. The van der Waals surface area contributed by atoms with E-state index in [9.17, 15) is 0 Å². The van der Waals surface area contributed by atoms with Gasteiger partial charge in [0, 0.05) is 19.8 Å². The summed E-state index contributed by atoms with van der Waals surface area (Å²) in [7, 11) is 1.95. The summed E-state index contributed by atoms with van der Waals surface area (Å²) in [5.41, 5.74) is 7.56. The molecule has 0 saturated heterocycles. The van der Waals surface area contributed by atoms with Crippen molar-refractivity contribution in [2.75, 3.05) is 0 Å². The summed E-state index contributed by atoms with van der Waals surface area (Å²) in [5, 5.41) is 0. The first-order valence-corrected chi connectivity index (χ1v) is 5.60. The number of aromatic nitrogens is 2. The van der Waals surface area contributed by atoms with Gasteiger partial charge in [-0.1, -0.05) is 18.2 Å². The summed E-state index contributed by atoms with van der Waals surface area (Å²) >= 11 is 0. The lowest BCUT2D eigenvalue weighted by Gasteiger charge is -2.08. The third kappa shape index (κ3) is 2.65. The zero-order valence-electron chi connectivity index (χ0n) is 10.2. The number of benzene rings is 1. The third-order valence-corrected chi connectivity index (χ3v) is 2.68. The molecular weight excluding hydrogens is 214 g/mol. The minimum Gasteiger partial charge on any atom is -0.485 e. The number of hydrogen-bond acceptors (Lipinski definition) is 3. The molecule has 2 N–H and O–H groups in total. The second-order valence-corrected chi connectivity index (χ2v) is 4.02. The molecule has 2 aromatic rings. The number of para-hydroxylation sites is 1. The number of aryl methyl sites for hydroxylation is 2. The van der Waals surface area contributed by atoms with Crippen molar-refractivity contribution in [2.45, 2.75) is 20.1 Å². The number of imidazole rings is 1. The van der Waals surface area contributed by atoms with Gasteiger partial charge in [-0.05, 0) is 18.6 Å². The molecule has 1 heterocycles. The predicted octanol–water partition coefficient (Wildman–Crippen LogP) is 1.77. The average Bonchev–Trinajstić information content (AvgIpc) is 2.69. The molecule has 0 fully saturated rings. The van der Waals surface area contributed by atoms with Gasteiger partial charge in [-0.2, -0.15) is 0 Å². The quantitative estimate of drug-likeness (QED) is 0.872. The van der Waals surface area contributed by atoms with Gasteiger partial charge < -0.3 is 15.0 Å². The van der Waals surface area contributed by atoms with Gasteiger partial charge in [0.2, 0.25) is 0 Å². The molecule has 2 rings (SSSR count). The lowest BCUT2D eigenvalue weighted by molar-refractivity contribution is 0.289. The molecule has 4 heteroatoms. The molecule has 90 valence electrons. The van der Waals surface area contributed by atoms with Crippen molar-refractivity contribution in [3.05, 3.63) is 47.5 Å². The summed E-state index contributed by atoms with van der Waals surface area (Å²) < 4.78 is 7.68. The van der Waals surface area contributed by atoms with Crippen molar-refractivity contribution >= 4 is 0 Å². The minimum atomic E-state index is 0.457. The fraction of sp³-hybridized carbons (Fsp3) is 0.308.